The molecule has 0 aliphatic rings. The zero-order valence-corrected chi connectivity index (χ0v) is 12.1. The highest BCUT2D eigenvalue weighted by Gasteiger charge is 2.15. The Hall–Kier alpha value is -1.25. The van der Waals surface area contributed by atoms with Crippen molar-refractivity contribution in [1.82, 2.24) is 15.0 Å². The van der Waals surface area contributed by atoms with Gasteiger partial charge in [0.1, 0.15) is 21.6 Å². The Balaban J connectivity index is 2.22. The minimum atomic E-state index is 0.127. The fourth-order valence-electron chi connectivity index (χ4n) is 1.48. The van der Waals surface area contributed by atoms with E-state index in [9.17, 15) is 0 Å². The third-order valence-corrected chi connectivity index (χ3v) is 4.04. The van der Waals surface area contributed by atoms with Gasteiger partial charge in [-0.15, -0.1) is 11.3 Å². The monoisotopic (exact) mass is 328 g/mol. The molecule has 1 atom stereocenters. The van der Waals surface area contributed by atoms with Crippen LogP contribution >= 0.6 is 27.3 Å². The first-order chi connectivity index (χ1) is 8.76. The van der Waals surface area contributed by atoms with E-state index in [1.54, 1.807) is 17.5 Å². The van der Waals surface area contributed by atoms with E-state index in [1.165, 1.54) is 6.33 Å². The fraction of sp³-hybridized carbons (Fsp3) is 0.300. The number of rotatable bonds is 5. The smallest absolute Gasteiger partial charge is 0.159 e. The molecule has 4 N–H and O–H groups in total. The van der Waals surface area contributed by atoms with Gasteiger partial charge in [0.15, 0.2) is 5.82 Å². The largest absolute Gasteiger partial charge is 0.360 e. The Morgan fingerprint density at radius 3 is 2.78 bits per heavy atom. The first-order valence-corrected chi connectivity index (χ1v) is 7.06. The Bertz CT molecular complexity index is 503. The summed E-state index contributed by atoms with van der Waals surface area (Å²) >= 11 is 5.03. The molecule has 2 aromatic rings. The molecule has 6 nitrogen and oxygen atoms in total. The number of nitrogen functional groups attached to an aromatic ring is 1. The summed E-state index contributed by atoms with van der Waals surface area (Å²) in [4.78, 5) is 12.5. The van der Waals surface area contributed by atoms with Crippen LogP contribution in [0.3, 0.4) is 0 Å². The lowest BCUT2D eigenvalue weighted by Crippen LogP contribution is -2.14. The van der Waals surface area contributed by atoms with Crippen molar-refractivity contribution in [2.45, 2.75) is 19.4 Å². The SMILES string of the molecule is CCC(Nc1ncnc(NN)c1Br)c1nccs1. The van der Waals surface area contributed by atoms with E-state index in [2.05, 4.69) is 48.5 Å². The number of nitrogens with zero attached hydrogens (tertiary/aromatic N) is 3. The molecule has 0 spiro atoms. The molecule has 0 aromatic carbocycles. The topological polar surface area (TPSA) is 88.8 Å². The number of hydrazine groups is 1. The lowest BCUT2D eigenvalue weighted by Gasteiger charge is -2.16. The molecular formula is C10H13BrN6S. The third kappa shape index (κ3) is 2.77. The minimum absolute atomic E-state index is 0.127. The maximum atomic E-state index is 5.37. The highest BCUT2D eigenvalue weighted by Crippen LogP contribution is 2.30. The predicted octanol–water partition coefficient (Wildman–Crippen LogP) is 2.54. The number of nitrogens with one attached hydrogen (secondary N) is 2. The van der Waals surface area contributed by atoms with E-state index in [0.717, 1.165) is 11.4 Å². The Kier molecular flexibility index (Phi) is 4.45. The van der Waals surface area contributed by atoms with E-state index >= 15 is 0 Å². The van der Waals surface area contributed by atoms with Crippen LogP contribution in [-0.2, 0) is 0 Å². The van der Waals surface area contributed by atoms with Gasteiger partial charge in [0.25, 0.3) is 0 Å². The Labute approximate surface area is 117 Å². The molecule has 0 bridgehead atoms. The number of thiazole rings is 1. The van der Waals surface area contributed by atoms with Gasteiger partial charge in [0, 0.05) is 11.6 Å². The zero-order valence-electron chi connectivity index (χ0n) is 9.72. The van der Waals surface area contributed by atoms with E-state index in [-0.39, 0.29) is 6.04 Å². The highest BCUT2D eigenvalue weighted by molar-refractivity contribution is 9.10. The van der Waals surface area contributed by atoms with Gasteiger partial charge in [0.2, 0.25) is 0 Å². The lowest BCUT2D eigenvalue weighted by molar-refractivity contribution is 0.736. The van der Waals surface area contributed by atoms with Gasteiger partial charge < -0.3 is 10.7 Å². The average Bonchev–Trinajstić information content (AvgIpc) is 2.91. The first-order valence-electron chi connectivity index (χ1n) is 5.39. The predicted molar refractivity (Wildman–Crippen MR) is 76.3 cm³/mol. The maximum Gasteiger partial charge on any atom is 0.159 e. The van der Waals surface area contributed by atoms with Crippen LogP contribution in [0.5, 0.6) is 0 Å². The second kappa shape index (κ2) is 6.07. The minimum Gasteiger partial charge on any atom is -0.360 e. The summed E-state index contributed by atoms with van der Waals surface area (Å²) in [7, 11) is 0. The number of halogens is 1. The molecule has 0 saturated carbocycles. The lowest BCUT2D eigenvalue weighted by atomic mass is 10.2. The Morgan fingerprint density at radius 2 is 2.17 bits per heavy atom. The van der Waals surface area contributed by atoms with Gasteiger partial charge >= 0.3 is 0 Å². The summed E-state index contributed by atoms with van der Waals surface area (Å²) < 4.78 is 0.711. The zero-order chi connectivity index (χ0) is 13.0. The fourth-order valence-corrected chi connectivity index (χ4v) is 2.69. The van der Waals surface area contributed by atoms with Crippen LogP contribution in [-0.4, -0.2) is 15.0 Å². The van der Waals surface area contributed by atoms with Crippen LogP contribution in [0.2, 0.25) is 0 Å². The van der Waals surface area contributed by atoms with Crippen molar-refractivity contribution in [3.05, 3.63) is 27.4 Å². The van der Waals surface area contributed by atoms with Crippen LogP contribution in [0.25, 0.3) is 0 Å². The van der Waals surface area contributed by atoms with E-state index in [4.69, 9.17) is 5.84 Å². The quantitative estimate of drug-likeness (QED) is 0.577. The summed E-state index contributed by atoms with van der Waals surface area (Å²) in [6, 6.07) is 0.127. The van der Waals surface area contributed by atoms with E-state index < -0.39 is 0 Å². The molecule has 2 heterocycles. The number of anilines is 2. The van der Waals surface area contributed by atoms with E-state index in [1.807, 2.05) is 5.38 Å². The van der Waals surface area contributed by atoms with Crippen molar-refractivity contribution >= 4 is 38.9 Å². The molecule has 0 radical (unpaired) electrons. The molecule has 0 fully saturated rings. The van der Waals surface area contributed by atoms with Crippen LogP contribution < -0.4 is 16.6 Å². The average molecular weight is 329 g/mol. The van der Waals surface area contributed by atoms with Crippen molar-refractivity contribution in [3.8, 4) is 0 Å². The normalized spacial score (nSPS) is 12.2. The maximum absolute atomic E-state index is 5.37. The van der Waals surface area contributed by atoms with Gasteiger partial charge in [-0.05, 0) is 22.4 Å². The molecule has 2 rings (SSSR count). The molecule has 0 saturated heterocycles. The van der Waals surface area contributed by atoms with Crippen molar-refractivity contribution in [2.75, 3.05) is 10.7 Å². The first kappa shape index (κ1) is 13.2. The number of hydrogen-bond donors (Lipinski definition) is 3. The van der Waals surface area contributed by atoms with Crippen molar-refractivity contribution in [3.63, 3.8) is 0 Å². The summed E-state index contributed by atoms with van der Waals surface area (Å²) in [6.45, 7) is 2.09. The van der Waals surface area contributed by atoms with Gasteiger partial charge in [-0.2, -0.15) is 0 Å². The molecule has 8 heteroatoms. The molecular weight excluding hydrogens is 316 g/mol. The van der Waals surface area contributed by atoms with E-state index in [0.29, 0.717) is 16.1 Å². The molecule has 0 aliphatic carbocycles. The van der Waals surface area contributed by atoms with Crippen LogP contribution in [0.4, 0.5) is 11.6 Å². The second-order valence-electron chi connectivity index (χ2n) is 3.50. The summed E-state index contributed by atoms with van der Waals surface area (Å²) in [5.74, 6) is 6.61. The van der Waals surface area contributed by atoms with Gasteiger partial charge in [-0.25, -0.2) is 20.8 Å². The summed E-state index contributed by atoms with van der Waals surface area (Å²) in [6.07, 6.45) is 4.17. The molecule has 1 unspecified atom stereocenters. The second-order valence-corrected chi connectivity index (χ2v) is 5.22. The molecule has 0 aliphatic heterocycles. The standard InChI is InChI=1S/C10H13BrN6S/c1-2-6(10-13-3-4-18-10)16-8-7(11)9(17-12)15-5-14-8/h3-6H,2,12H2,1H3,(H2,14,15,16,17). The van der Waals surface area contributed by atoms with Crippen LogP contribution in [0.15, 0.2) is 22.4 Å². The van der Waals surface area contributed by atoms with Crippen LogP contribution in [0, 0.1) is 0 Å². The van der Waals surface area contributed by atoms with Gasteiger partial charge in [0.05, 0.1) is 6.04 Å². The summed E-state index contributed by atoms with van der Waals surface area (Å²) in [5.41, 5.74) is 2.51. The highest BCUT2D eigenvalue weighted by atomic mass is 79.9. The van der Waals surface area contributed by atoms with Gasteiger partial charge in [-0.3, -0.25) is 0 Å². The van der Waals surface area contributed by atoms with Crippen molar-refractivity contribution in [2.24, 2.45) is 5.84 Å². The third-order valence-electron chi connectivity index (χ3n) is 2.39. The van der Waals surface area contributed by atoms with Crippen molar-refractivity contribution < 1.29 is 0 Å². The number of aromatic nitrogens is 3. The Morgan fingerprint density at radius 1 is 1.39 bits per heavy atom. The number of nitrogens with two attached hydrogens (primary N) is 1. The number of hydrogen-bond acceptors (Lipinski definition) is 7. The van der Waals surface area contributed by atoms with Crippen molar-refractivity contribution in [1.29, 1.82) is 0 Å². The molecule has 96 valence electrons. The van der Waals surface area contributed by atoms with Crippen LogP contribution in [0.1, 0.15) is 24.4 Å². The van der Waals surface area contributed by atoms with Gasteiger partial charge in [-0.1, -0.05) is 6.92 Å². The molecule has 2 aromatic heterocycles. The molecule has 0 amide bonds. The summed E-state index contributed by atoms with van der Waals surface area (Å²) in [5, 5.41) is 6.32. The molecule has 18 heavy (non-hydrogen) atoms.